The Balaban J connectivity index is 2.13. The van der Waals surface area contributed by atoms with Gasteiger partial charge in [-0.3, -0.25) is 11.3 Å². The maximum absolute atomic E-state index is 11.8. The Morgan fingerprint density at radius 2 is 2.17 bits per heavy atom. The van der Waals surface area contributed by atoms with E-state index in [4.69, 9.17) is 5.84 Å². The van der Waals surface area contributed by atoms with Gasteiger partial charge in [-0.2, -0.15) is 24.5 Å². The van der Waals surface area contributed by atoms with Crippen molar-refractivity contribution in [1.82, 2.24) is 5.43 Å². The smallest absolute Gasteiger partial charge is 0.372 e. The van der Waals surface area contributed by atoms with E-state index in [1.54, 1.807) is 11.3 Å². The maximum Gasteiger partial charge on any atom is 0.411 e. The summed E-state index contributed by atoms with van der Waals surface area (Å²) >= 11 is 1.62. The first kappa shape index (κ1) is 15.4. The molecule has 104 valence electrons. The molecule has 0 spiro atoms. The summed E-state index contributed by atoms with van der Waals surface area (Å²) in [6.07, 6.45) is -2.15. The Morgan fingerprint density at radius 3 is 2.72 bits per heavy atom. The Bertz CT molecular complexity index is 317. The fourth-order valence-corrected chi connectivity index (χ4v) is 2.20. The summed E-state index contributed by atoms with van der Waals surface area (Å²) in [7, 11) is 0. The van der Waals surface area contributed by atoms with Crippen molar-refractivity contribution in [2.45, 2.75) is 31.5 Å². The number of hydrogen-bond donors (Lipinski definition) is 2. The number of aryl methyl sites for hydroxylation is 1. The average molecular weight is 282 g/mol. The first-order valence-electron chi connectivity index (χ1n) is 5.63. The van der Waals surface area contributed by atoms with Gasteiger partial charge < -0.3 is 4.74 Å². The summed E-state index contributed by atoms with van der Waals surface area (Å²) in [4.78, 5) is 0. The fraction of sp³-hybridized carbons (Fsp3) is 0.636. The van der Waals surface area contributed by atoms with Gasteiger partial charge in [0, 0.05) is 12.6 Å². The predicted molar refractivity (Wildman–Crippen MR) is 65.2 cm³/mol. The molecule has 0 aliphatic heterocycles. The molecule has 1 aromatic heterocycles. The third kappa shape index (κ3) is 6.95. The zero-order valence-electron chi connectivity index (χ0n) is 9.87. The number of thiophene rings is 1. The molecule has 1 aromatic rings. The van der Waals surface area contributed by atoms with E-state index >= 15 is 0 Å². The molecule has 0 saturated carbocycles. The number of rotatable bonds is 8. The summed E-state index contributed by atoms with van der Waals surface area (Å²) in [5.41, 5.74) is 3.82. The van der Waals surface area contributed by atoms with E-state index < -0.39 is 12.8 Å². The molecule has 0 fully saturated rings. The van der Waals surface area contributed by atoms with Crippen LogP contribution in [0.2, 0.25) is 0 Å². The minimum Gasteiger partial charge on any atom is -0.372 e. The Hall–Kier alpha value is -0.630. The first-order chi connectivity index (χ1) is 8.51. The average Bonchev–Trinajstić information content (AvgIpc) is 2.79. The zero-order chi connectivity index (χ0) is 13.4. The predicted octanol–water partition coefficient (Wildman–Crippen LogP) is 2.48. The highest BCUT2D eigenvalue weighted by atomic mass is 32.1. The van der Waals surface area contributed by atoms with Gasteiger partial charge in [0.15, 0.2) is 0 Å². The number of nitrogens with two attached hydrogens (primary N) is 1. The van der Waals surface area contributed by atoms with E-state index in [9.17, 15) is 13.2 Å². The van der Waals surface area contributed by atoms with Gasteiger partial charge in [0.25, 0.3) is 0 Å². The lowest BCUT2D eigenvalue weighted by atomic mass is 10.1. The van der Waals surface area contributed by atoms with Crippen LogP contribution in [-0.4, -0.2) is 25.4 Å². The molecular weight excluding hydrogens is 265 g/mol. The first-order valence-corrected chi connectivity index (χ1v) is 6.57. The molecule has 1 atom stereocenters. The highest BCUT2D eigenvalue weighted by Gasteiger charge is 2.27. The van der Waals surface area contributed by atoms with E-state index in [1.807, 2.05) is 16.8 Å². The molecule has 7 heteroatoms. The van der Waals surface area contributed by atoms with Gasteiger partial charge in [-0.1, -0.05) is 0 Å². The van der Waals surface area contributed by atoms with Crippen molar-refractivity contribution in [3.05, 3.63) is 22.4 Å². The lowest BCUT2D eigenvalue weighted by molar-refractivity contribution is -0.174. The van der Waals surface area contributed by atoms with Crippen molar-refractivity contribution in [3.63, 3.8) is 0 Å². The number of nitrogens with one attached hydrogen (secondary N) is 1. The normalized spacial score (nSPS) is 13.8. The molecule has 0 saturated heterocycles. The van der Waals surface area contributed by atoms with Crippen molar-refractivity contribution >= 4 is 11.3 Å². The lowest BCUT2D eigenvalue weighted by Gasteiger charge is -2.15. The maximum atomic E-state index is 11.8. The second-order valence-corrected chi connectivity index (χ2v) is 4.77. The van der Waals surface area contributed by atoms with Gasteiger partial charge >= 0.3 is 6.18 Å². The molecular formula is C11H17F3N2OS. The van der Waals surface area contributed by atoms with Crippen molar-refractivity contribution in [3.8, 4) is 0 Å². The molecule has 18 heavy (non-hydrogen) atoms. The number of ether oxygens (including phenoxy) is 1. The largest absolute Gasteiger partial charge is 0.411 e. The molecule has 1 heterocycles. The van der Waals surface area contributed by atoms with E-state index in [0.29, 0.717) is 6.42 Å². The minimum atomic E-state index is -4.26. The molecule has 3 nitrogen and oxygen atoms in total. The Kier molecular flexibility index (Phi) is 6.62. The second kappa shape index (κ2) is 7.73. The fourth-order valence-electron chi connectivity index (χ4n) is 1.50. The molecule has 0 aliphatic rings. The van der Waals surface area contributed by atoms with Crippen LogP contribution in [0.4, 0.5) is 13.2 Å². The summed E-state index contributed by atoms with van der Waals surface area (Å²) in [6.45, 7) is -1.15. The minimum absolute atomic E-state index is 0.0295. The standard InChI is InChI=1S/C11H17F3N2OS/c12-11(13,14)8-17-5-3-10(16-15)2-1-9-4-6-18-7-9/h4,6-7,10,16H,1-3,5,8,15H2. The quantitative estimate of drug-likeness (QED) is 0.437. The molecule has 0 aromatic carbocycles. The lowest BCUT2D eigenvalue weighted by Crippen LogP contribution is -2.36. The summed E-state index contributed by atoms with van der Waals surface area (Å²) in [5, 5.41) is 4.04. The van der Waals surface area contributed by atoms with Crippen LogP contribution in [0, 0.1) is 0 Å². The van der Waals surface area contributed by atoms with Crippen molar-refractivity contribution in [2.24, 2.45) is 5.84 Å². The summed E-state index contributed by atoms with van der Waals surface area (Å²) < 4.78 is 40.0. The van der Waals surface area contributed by atoms with E-state index in [1.165, 1.54) is 5.56 Å². The van der Waals surface area contributed by atoms with Crippen LogP contribution in [-0.2, 0) is 11.2 Å². The van der Waals surface area contributed by atoms with Gasteiger partial charge in [0.05, 0.1) is 0 Å². The molecule has 0 bridgehead atoms. The number of halogens is 3. The molecule has 0 amide bonds. The van der Waals surface area contributed by atoms with Crippen LogP contribution in [0.15, 0.2) is 16.8 Å². The van der Waals surface area contributed by atoms with Gasteiger partial charge in [0.2, 0.25) is 0 Å². The van der Waals surface area contributed by atoms with E-state index in [0.717, 1.165) is 12.8 Å². The van der Waals surface area contributed by atoms with Crippen molar-refractivity contribution < 1.29 is 17.9 Å². The number of hydrazine groups is 1. The highest BCUT2D eigenvalue weighted by molar-refractivity contribution is 7.07. The summed E-state index contributed by atoms with van der Waals surface area (Å²) in [5.74, 6) is 5.36. The molecule has 0 aliphatic carbocycles. The topological polar surface area (TPSA) is 47.3 Å². The van der Waals surface area contributed by atoms with Crippen LogP contribution < -0.4 is 11.3 Å². The van der Waals surface area contributed by atoms with E-state index in [2.05, 4.69) is 10.2 Å². The number of alkyl halides is 3. The van der Waals surface area contributed by atoms with Crippen molar-refractivity contribution in [1.29, 1.82) is 0 Å². The van der Waals surface area contributed by atoms with Crippen LogP contribution in [0.1, 0.15) is 18.4 Å². The SMILES string of the molecule is NNC(CCOCC(F)(F)F)CCc1ccsc1. The zero-order valence-corrected chi connectivity index (χ0v) is 10.7. The highest BCUT2D eigenvalue weighted by Crippen LogP contribution is 2.15. The van der Waals surface area contributed by atoms with Crippen LogP contribution in [0.3, 0.4) is 0 Å². The molecule has 3 N–H and O–H groups in total. The van der Waals surface area contributed by atoms with E-state index in [-0.39, 0.29) is 12.6 Å². The third-order valence-corrected chi connectivity index (χ3v) is 3.21. The third-order valence-electron chi connectivity index (χ3n) is 2.47. The van der Waals surface area contributed by atoms with Crippen LogP contribution >= 0.6 is 11.3 Å². The second-order valence-electron chi connectivity index (χ2n) is 3.99. The molecule has 0 radical (unpaired) electrons. The monoisotopic (exact) mass is 282 g/mol. The Morgan fingerprint density at radius 1 is 1.39 bits per heavy atom. The van der Waals surface area contributed by atoms with Gasteiger partial charge in [-0.05, 0) is 41.7 Å². The summed E-state index contributed by atoms with van der Waals surface area (Å²) in [6, 6.07) is 2.00. The van der Waals surface area contributed by atoms with Gasteiger partial charge in [0.1, 0.15) is 6.61 Å². The number of hydrogen-bond acceptors (Lipinski definition) is 4. The molecule has 1 unspecified atom stereocenters. The molecule has 1 rings (SSSR count). The van der Waals surface area contributed by atoms with Crippen LogP contribution in [0.5, 0.6) is 0 Å². The van der Waals surface area contributed by atoms with Gasteiger partial charge in [-0.25, -0.2) is 0 Å². The van der Waals surface area contributed by atoms with Crippen molar-refractivity contribution in [2.75, 3.05) is 13.2 Å². The van der Waals surface area contributed by atoms with Crippen LogP contribution in [0.25, 0.3) is 0 Å². The van der Waals surface area contributed by atoms with Gasteiger partial charge in [-0.15, -0.1) is 0 Å². The Labute approximate surface area is 108 Å².